The van der Waals surface area contributed by atoms with Gasteiger partial charge in [0.25, 0.3) is 0 Å². The monoisotopic (exact) mass is 1010 g/mol. The Kier molecular flexibility index (Phi) is 46.8. The maximum atomic E-state index is 13.4. The number of hydrogen-bond donors (Lipinski definition) is 6. The summed E-state index contributed by atoms with van der Waals surface area (Å²) in [5, 5.41) is 56.9. The van der Waals surface area contributed by atoms with Gasteiger partial charge in [0.2, 0.25) is 5.91 Å². The number of aliphatic hydroxyl groups is 5. The molecule has 0 radical (unpaired) electrons. The summed E-state index contributed by atoms with van der Waals surface area (Å²) < 4.78 is 17.6. The lowest BCUT2D eigenvalue weighted by molar-refractivity contribution is -0.305. The molecule has 8 unspecified atom stereocenters. The van der Waals surface area contributed by atoms with Gasteiger partial charge in [-0.25, -0.2) is 0 Å². The Morgan fingerprint density at radius 2 is 0.915 bits per heavy atom. The SMILES string of the molecule is CCCCCCCCCCCC/C=C/C(O)C(COC1OC(CO)C(O)C(O)C1OC(=O)CCCCCCCCCCCCCCCCCCC)NC(=O)C(O)CCCCCCCCCCCCCCC. The Morgan fingerprint density at radius 3 is 1.32 bits per heavy atom. The van der Waals surface area contributed by atoms with Crippen molar-refractivity contribution in [2.24, 2.45) is 0 Å². The average Bonchev–Trinajstić information content (AvgIpc) is 3.37. The summed E-state index contributed by atoms with van der Waals surface area (Å²) in [5.74, 6) is -1.18. The summed E-state index contributed by atoms with van der Waals surface area (Å²) in [5.41, 5.74) is 0. The van der Waals surface area contributed by atoms with E-state index in [2.05, 4.69) is 26.1 Å². The zero-order valence-electron chi connectivity index (χ0n) is 46.4. The molecule has 11 nitrogen and oxygen atoms in total. The van der Waals surface area contributed by atoms with Crippen molar-refractivity contribution in [1.29, 1.82) is 0 Å². The van der Waals surface area contributed by atoms with Crippen LogP contribution in [0.2, 0.25) is 0 Å². The van der Waals surface area contributed by atoms with E-state index < -0.39 is 67.4 Å². The standard InChI is InChI=1S/C60H115NO10/c1-4-7-10-13-16-19-22-25-26-27-28-30-33-36-39-42-45-48-55(65)71-58-57(67)56(66)54(49-62)70-60(58)69-50-51(52(63)46-43-40-37-34-31-24-21-18-15-12-9-6-3)61-59(68)53(64)47-44-41-38-35-32-29-23-20-17-14-11-8-5-2/h43,46,51-54,56-58,60,62-64,66-67H,4-42,44-45,47-50H2,1-3H3,(H,61,68)/b46-43+. The van der Waals surface area contributed by atoms with Crippen molar-refractivity contribution in [3.05, 3.63) is 12.2 Å². The second-order valence-electron chi connectivity index (χ2n) is 21.5. The molecule has 1 saturated heterocycles. The fourth-order valence-corrected chi connectivity index (χ4v) is 9.83. The predicted octanol–water partition coefficient (Wildman–Crippen LogP) is 14.0. The fourth-order valence-electron chi connectivity index (χ4n) is 9.83. The molecule has 1 rings (SSSR count). The summed E-state index contributed by atoms with van der Waals surface area (Å²) in [6.07, 6.45) is 43.9. The highest BCUT2D eigenvalue weighted by atomic mass is 16.7. The molecule has 0 spiro atoms. The number of allylic oxidation sites excluding steroid dienone is 1. The summed E-state index contributed by atoms with van der Waals surface area (Å²) in [6.45, 7) is 5.81. The Labute approximate surface area is 436 Å². The smallest absolute Gasteiger partial charge is 0.306 e. The zero-order chi connectivity index (χ0) is 51.8. The van der Waals surface area contributed by atoms with Gasteiger partial charge < -0.3 is 45.1 Å². The molecule has 1 amide bonds. The predicted molar refractivity (Wildman–Crippen MR) is 292 cm³/mol. The molecule has 6 N–H and O–H groups in total. The number of unbranched alkanes of at least 4 members (excludes halogenated alkanes) is 38. The number of ether oxygens (including phenoxy) is 3. The molecule has 1 fully saturated rings. The van der Waals surface area contributed by atoms with Crippen molar-refractivity contribution < 1.29 is 49.3 Å². The molecule has 0 aromatic carbocycles. The molecule has 8 atom stereocenters. The quantitative estimate of drug-likeness (QED) is 0.0195. The van der Waals surface area contributed by atoms with Crippen LogP contribution in [0.1, 0.15) is 297 Å². The first kappa shape index (κ1) is 67.4. The van der Waals surface area contributed by atoms with Gasteiger partial charge in [-0.15, -0.1) is 0 Å². The van der Waals surface area contributed by atoms with Crippen LogP contribution in [0.25, 0.3) is 0 Å². The van der Waals surface area contributed by atoms with Crippen LogP contribution in [-0.2, 0) is 23.8 Å². The van der Waals surface area contributed by atoms with Gasteiger partial charge in [0.05, 0.1) is 25.4 Å². The van der Waals surface area contributed by atoms with Crippen molar-refractivity contribution in [1.82, 2.24) is 5.32 Å². The Morgan fingerprint density at radius 1 is 0.535 bits per heavy atom. The second kappa shape index (κ2) is 49.3. The van der Waals surface area contributed by atoms with Crippen LogP contribution in [0.4, 0.5) is 0 Å². The average molecular weight is 1010 g/mol. The van der Waals surface area contributed by atoms with Crippen molar-refractivity contribution in [2.45, 2.75) is 346 Å². The minimum absolute atomic E-state index is 0.131. The molecule has 71 heavy (non-hydrogen) atoms. The number of aliphatic hydroxyl groups excluding tert-OH is 5. The van der Waals surface area contributed by atoms with Crippen LogP contribution in [0.3, 0.4) is 0 Å². The number of hydrogen-bond acceptors (Lipinski definition) is 10. The normalized spacial score (nSPS) is 19.6. The molecule has 0 saturated carbocycles. The van der Waals surface area contributed by atoms with Crippen LogP contribution < -0.4 is 5.32 Å². The first-order chi connectivity index (χ1) is 34.7. The first-order valence-electron chi connectivity index (χ1n) is 30.5. The maximum Gasteiger partial charge on any atom is 0.306 e. The lowest BCUT2D eigenvalue weighted by Gasteiger charge is -2.41. The topological polar surface area (TPSA) is 175 Å². The highest BCUT2D eigenvalue weighted by Gasteiger charge is 2.47. The van der Waals surface area contributed by atoms with E-state index in [1.54, 1.807) is 6.08 Å². The van der Waals surface area contributed by atoms with Crippen molar-refractivity contribution in [3.8, 4) is 0 Å². The van der Waals surface area contributed by atoms with Gasteiger partial charge >= 0.3 is 5.97 Å². The first-order valence-corrected chi connectivity index (χ1v) is 30.5. The number of rotatable bonds is 52. The Hall–Kier alpha value is -1.60. The molecule has 0 aromatic heterocycles. The molecule has 0 aliphatic carbocycles. The van der Waals surface area contributed by atoms with Gasteiger partial charge in [0.1, 0.15) is 24.4 Å². The van der Waals surface area contributed by atoms with E-state index in [1.165, 1.54) is 193 Å². The third-order valence-corrected chi connectivity index (χ3v) is 14.7. The highest BCUT2D eigenvalue weighted by molar-refractivity contribution is 5.80. The summed E-state index contributed by atoms with van der Waals surface area (Å²) in [6, 6.07) is -1.01. The van der Waals surface area contributed by atoms with Gasteiger partial charge in [0.15, 0.2) is 12.4 Å². The lowest BCUT2D eigenvalue weighted by atomic mass is 9.99. The van der Waals surface area contributed by atoms with E-state index in [4.69, 9.17) is 14.2 Å². The van der Waals surface area contributed by atoms with Crippen LogP contribution in [0.5, 0.6) is 0 Å². The second-order valence-corrected chi connectivity index (χ2v) is 21.5. The molecule has 1 aliphatic rings. The molecule has 1 aliphatic heterocycles. The summed E-state index contributed by atoms with van der Waals surface area (Å²) >= 11 is 0. The summed E-state index contributed by atoms with van der Waals surface area (Å²) in [4.78, 5) is 26.5. The van der Waals surface area contributed by atoms with Crippen LogP contribution in [0.15, 0.2) is 12.2 Å². The van der Waals surface area contributed by atoms with E-state index in [0.29, 0.717) is 19.3 Å². The van der Waals surface area contributed by atoms with Gasteiger partial charge in [-0.1, -0.05) is 277 Å². The number of esters is 1. The molecule has 1 heterocycles. The third kappa shape index (κ3) is 37.7. The third-order valence-electron chi connectivity index (χ3n) is 14.7. The number of carbonyl (C=O) groups excluding carboxylic acids is 2. The molecule has 0 aromatic rings. The minimum atomic E-state index is -1.61. The fraction of sp³-hybridized carbons (Fsp3) is 0.933. The van der Waals surface area contributed by atoms with Gasteiger partial charge in [-0.2, -0.15) is 0 Å². The summed E-state index contributed by atoms with van der Waals surface area (Å²) in [7, 11) is 0. The van der Waals surface area contributed by atoms with E-state index in [0.717, 1.165) is 57.8 Å². The van der Waals surface area contributed by atoms with Crippen molar-refractivity contribution in [2.75, 3.05) is 13.2 Å². The molecular formula is C60H115NO10. The van der Waals surface area contributed by atoms with Gasteiger partial charge in [0, 0.05) is 6.42 Å². The van der Waals surface area contributed by atoms with Crippen molar-refractivity contribution in [3.63, 3.8) is 0 Å². The van der Waals surface area contributed by atoms with Crippen LogP contribution >= 0.6 is 0 Å². The molecular weight excluding hydrogens is 895 g/mol. The van der Waals surface area contributed by atoms with Crippen LogP contribution in [0, 0.1) is 0 Å². The van der Waals surface area contributed by atoms with E-state index in [9.17, 15) is 35.1 Å². The van der Waals surface area contributed by atoms with Gasteiger partial charge in [-0.05, 0) is 25.7 Å². The molecule has 420 valence electrons. The minimum Gasteiger partial charge on any atom is -0.454 e. The highest BCUT2D eigenvalue weighted by Crippen LogP contribution is 2.26. The van der Waals surface area contributed by atoms with E-state index >= 15 is 0 Å². The van der Waals surface area contributed by atoms with E-state index in [-0.39, 0.29) is 13.0 Å². The molecule has 0 bridgehead atoms. The number of amides is 1. The molecule has 11 heteroatoms. The van der Waals surface area contributed by atoms with Crippen LogP contribution in [-0.4, -0.2) is 99.6 Å². The Bertz CT molecular complexity index is 1210. The van der Waals surface area contributed by atoms with Crippen molar-refractivity contribution >= 4 is 11.9 Å². The maximum absolute atomic E-state index is 13.4. The van der Waals surface area contributed by atoms with E-state index in [1.807, 2.05) is 6.08 Å². The largest absolute Gasteiger partial charge is 0.454 e. The number of carbonyl (C=O) groups is 2. The Balaban J connectivity index is 2.68. The zero-order valence-corrected chi connectivity index (χ0v) is 46.4. The lowest BCUT2D eigenvalue weighted by Crippen LogP contribution is -2.61. The van der Waals surface area contributed by atoms with Gasteiger partial charge in [-0.3, -0.25) is 9.59 Å². The number of nitrogens with one attached hydrogen (secondary N) is 1.